The van der Waals surface area contributed by atoms with E-state index in [0.717, 1.165) is 6.07 Å². The highest BCUT2D eigenvalue weighted by molar-refractivity contribution is 9.10. The summed E-state index contributed by atoms with van der Waals surface area (Å²) in [4.78, 5) is 7.62. The fourth-order valence-electron chi connectivity index (χ4n) is 1.43. The summed E-state index contributed by atoms with van der Waals surface area (Å²) in [6, 6.07) is 6.76. The van der Waals surface area contributed by atoms with Gasteiger partial charge in [-0.05, 0) is 28.1 Å². The van der Waals surface area contributed by atoms with Crippen LogP contribution in [0.5, 0.6) is 0 Å². The van der Waals surface area contributed by atoms with Crippen LogP contribution in [0, 0.1) is 0 Å². The molecule has 2 rings (SSSR count). The molecule has 0 atom stereocenters. The first kappa shape index (κ1) is 12.0. The molecule has 17 heavy (non-hydrogen) atoms. The molecular formula is C11H6BrF3N2. The van der Waals surface area contributed by atoms with Gasteiger partial charge >= 0.3 is 6.18 Å². The van der Waals surface area contributed by atoms with Crippen molar-refractivity contribution in [2.75, 3.05) is 0 Å². The Morgan fingerprint density at radius 1 is 1.06 bits per heavy atom. The van der Waals surface area contributed by atoms with E-state index in [4.69, 9.17) is 0 Å². The molecule has 0 unspecified atom stereocenters. The van der Waals surface area contributed by atoms with Gasteiger partial charge in [0, 0.05) is 5.56 Å². The molecule has 0 aliphatic heterocycles. The Labute approximate surface area is 104 Å². The third-order valence-corrected chi connectivity index (χ3v) is 2.58. The lowest BCUT2D eigenvalue weighted by Crippen LogP contribution is -2.07. The Morgan fingerprint density at radius 2 is 1.76 bits per heavy atom. The predicted octanol–water partition coefficient (Wildman–Crippen LogP) is 3.92. The molecule has 0 N–H and O–H groups in total. The minimum atomic E-state index is -4.39. The van der Waals surface area contributed by atoms with Crippen LogP contribution in [-0.4, -0.2) is 9.97 Å². The number of halogens is 4. The van der Waals surface area contributed by atoms with E-state index in [9.17, 15) is 13.2 Å². The summed E-state index contributed by atoms with van der Waals surface area (Å²) in [6.45, 7) is 0. The second-order valence-corrected chi connectivity index (χ2v) is 4.08. The van der Waals surface area contributed by atoms with Gasteiger partial charge in [-0.2, -0.15) is 13.2 Å². The third kappa shape index (κ3) is 2.63. The minimum absolute atomic E-state index is 0.0445. The Balaban J connectivity index is 2.60. The summed E-state index contributed by atoms with van der Waals surface area (Å²) in [6.07, 6.45) is -3.18. The summed E-state index contributed by atoms with van der Waals surface area (Å²) in [5, 5.41) is 0. The van der Waals surface area contributed by atoms with E-state index in [-0.39, 0.29) is 11.3 Å². The molecule has 2 nitrogen and oxygen atoms in total. The third-order valence-electron chi connectivity index (χ3n) is 2.14. The summed E-state index contributed by atoms with van der Waals surface area (Å²) < 4.78 is 38.8. The molecule has 1 aromatic heterocycles. The first-order valence-corrected chi connectivity index (χ1v) is 5.42. The van der Waals surface area contributed by atoms with Crippen LogP contribution in [0.25, 0.3) is 11.3 Å². The highest BCUT2D eigenvalue weighted by atomic mass is 79.9. The largest absolute Gasteiger partial charge is 0.417 e. The van der Waals surface area contributed by atoms with E-state index in [1.807, 2.05) is 0 Å². The van der Waals surface area contributed by atoms with Crippen LogP contribution in [-0.2, 0) is 6.18 Å². The SMILES string of the molecule is FC(F)(F)c1ccccc1-c1cc(Br)ncn1. The number of rotatable bonds is 1. The summed E-state index contributed by atoms with van der Waals surface area (Å²) in [7, 11) is 0. The van der Waals surface area contributed by atoms with E-state index >= 15 is 0 Å². The maximum atomic E-state index is 12.8. The molecule has 0 saturated heterocycles. The standard InChI is InChI=1S/C11H6BrF3N2/c12-10-5-9(16-6-17-10)7-3-1-2-4-8(7)11(13,14)15/h1-6H. The fraction of sp³-hybridized carbons (Fsp3) is 0.0909. The lowest BCUT2D eigenvalue weighted by molar-refractivity contribution is -0.137. The molecule has 6 heteroatoms. The van der Waals surface area contributed by atoms with Gasteiger partial charge in [-0.15, -0.1) is 0 Å². The van der Waals surface area contributed by atoms with Gasteiger partial charge in [0.05, 0.1) is 11.3 Å². The van der Waals surface area contributed by atoms with E-state index < -0.39 is 11.7 Å². The number of benzene rings is 1. The first-order valence-electron chi connectivity index (χ1n) is 4.62. The van der Waals surface area contributed by atoms with E-state index in [2.05, 4.69) is 25.9 Å². The monoisotopic (exact) mass is 302 g/mol. The zero-order chi connectivity index (χ0) is 12.5. The van der Waals surface area contributed by atoms with Crippen LogP contribution in [0.4, 0.5) is 13.2 Å². The van der Waals surface area contributed by atoms with Crippen molar-refractivity contribution in [1.82, 2.24) is 9.97 Å². The van der Waals surface area contributed by atoms with Crippen molar-refractivity contribution < 1.29 is 13.2 Å². The van der Waals surface area contributed by atoms with Crippen molar-refractivity contribution in [3.63, 3.8) is 0 Å². The van der Waals surface area contributed by atoms with Crippen LogP contribution < -0.4 is 0 Å². The molecule has 0 bridgehead atoms. The van der Waals surface area contributed by atoms with Crippen LogP contribution in [0.2, 0.25) is 0 Å². The van der Waals surface area contributed by atoms with Crippen LogP contribution in [0.3, 0.4) is 0 Å². The van der Waals surface area contributed by atoms with Gasteiger partial charge in [0.15, 0.2) is 0 Å². The first-order chi connectivity index (χ1) is 7.98. The van der Waals surface area contributed by atoms with E-state index in [1.54, 1.807) is 6.07 Å². The molecule has 2 aromatic rings. The molecular weight excluding hydrogens is 297 g/mol. The quantitative estimate of drug-likeness (QED) is 0.746. The average Bonchev–Trinajstić information content (AvgIpc) is 2.28. The van der Waals surface area contributed by atoms with Crippen LogP contribution in [0.1, 0.15) is 5.56 Å². The van der Waals surface area contributed by atoms with Gasteiger partial charge in [0.25, 0.3) is 0 Å². The molecule has 1 aromatic carbocycles. The van der Waals surface area contributed by atoms with Crippen molar-refractivity contribution in [1.29, 1.82) is 0 Å². The zero-order valence-electron chi connectivity index (χ0n) is 8.37. The van der Waals surface area contributed by atoms with Gasteiger partial charge in [-0.1, -0.05) is 18.2 Å². The lowest BCUT2D eigenvalue weighted by Gasteiger charge is -2.11. The van der Waals surface area contributed by atoms with Gasteiger partial charge in [0.2, 0.25) is 0 Å². The van der Waals surface area contributed by atoms with Gasteiger partial charge in [-0.3, -0.25) is 0 Å². The smallest absolute Gasteiger partial charge is 0.236 e. The Bertz CT molecular complexity index is 540. The van der Waals surface area contributed by atoms with Crippen molar-refractivity contribution in [3.05, 3.63) is 46.8 Å². The predicted molar refractivity (Wildman–Crippen MR) is 60.2 cm³/mol. The molecule has 0 spiro atoms. The Hall–Kier alpha value is -1.43. The number of nitrogens with zero attached hydrogens (tertiary/aromatic N) is 2. The van der Waals surface area contributed by atoms with Gasteiger partial charge in [0.1, 0.15) is 10.9 Å². The van der Waals surface area contributed by atoms with Crippen molar-refractivity contribution in [2.45, 2.75) is 6.18 Å². The Morgan fingerprint density at radius 3 is 2.41 bits per heavy atom. The van der Waals surface area contributed by atoms with Gasteiger partial charge in [-0.25, -0.2) is 9.97 Å². The minimum Gasteiger partial charge on any atom is -0.236 e. The fourth-order valence-corrected chi connectivity index (χ4v) is 1.74. The molecule has 0 aliphatic carbocycles. The lowest BCUT2D eigenvalue weighted by atomic mass is 10.0. The van der Waals surface area contributed by atoms with E-state index in [0.29, 0.717) is 4.60 Å². The zero-order valence-corrected chi connectivity index (χ0v) is 9.96. The molecule has 0 fully saturated rings. The summed E-state index contributed by atoms with van der Waals surface area (Å²) >= 11 is 3.10. The number of aromatic nitrogens is 2. The van der Waals surface area contributed by atoms with E-state index in [1.165, 1.54) is 24.5 Å². The Kier molecular flexibility index (Phi) is 3.15. The maximum Gasteiger partial charge on any atom is 0.417 e. The van der Waals surface area contributed by atoms with Crippen LogP contribution in [0.15, 0.2) is 41.3 Å². The topological polar surface area (TPSA) is 25.8 Å². The van der Waals surface area contributed by atoms with Gasteiger partial charge < -0.3 is 0 Å². The van der Waals surface area contributed by atoms with Crippen molar-refractivity contribution >= 4 is 15.9 Å². The van der Waals surface area contributed by atoms with Crippen molar-refractivity contribution in [2.24, 2.45) is 0 Å². The summed E-state index contributed by atoms with van der Waals surface area (Å²) in [5.74, 6) is 0. The second kappa shape index (κ2) is 4.44. The highest BCUT2D eigenvalue weighted by Crippen LogP contribution is 2.36. The average molecular weight is 303 g/mol. The molecule has 0 aliphatic rings. The van der Waals surface area contributed by atoms with Crippen molar-refractivity contribution in [3.8, 4) is 11.3 Å². The second-order valence-electron chi connectivity index (χ2n) is 3.27. The molecule has 1 heterocycles. The summed E-state index contributed by atoms with van der Waals surface area (Å²) in [5.41, 5.74) is -0.423. The highest BCUT2D eigenvalue weighted by Gasteiger charge is 2.33. The molecule has 0 amide bonds. The number of hydrogen-bond donors (Lipinski definition) is 0. The molecule has 0 radical (unpaired) electrons. The number of alkyl halides is 3. The normalized spacial score (nSPS) is 11.5. The number of hydrogen-bond acceptors (Lipinski definition) is 2. The molecule has 88 valence electrons. The molecule has 0 saturated carbocycles. The maximum absolute atomic E-state index is 12.8. The van der Waals surface area contributed by atoms with Crippen LogP contribution >= 0.6 is 15.9 Å².